The molecule has 0 aliphatic rings. The van der Waals surface area contributed by atoms with E-state index < -0.39 is 15.9 Å². The van der Waals surface area contributed by atoms with Crippen molar-refractivity contribution in [1.82, 2.24) is 5.32 Å². The molecule has 9 heteroatoms. The SMILES string of the molecule is COCCNC(=O)c1ccccc1NS(=O)(=O)c1ccc(OC)c(Br)c1. The van der Waals surface area contributed by atoms with E-state index in [4.69, 9.17) is 9.47 Å². The third kappa shape index (κ3) is 4.96. The van der Waals surface area contributed by atoms with Gasteiger partial charge in [0.25, 0.3) is 15.9 Å². The molecule has 0 aromatic heterocycles. The van der Waals surface area contributed by atoms with Gasteiger partial charge >= 0.3 is 0 Å². The molecule has 0 heterocycles. The molecule has 0 radical (unpaired) electrons. The van der Waals surface area contributed by atoms with Crippen LogP contribution in [0.1, 0.15) is 10.4 Å². The molecular weight excluding hydrogens is 424 g/mol. The van der Waals surface area contributed by atoms with Gasteiger partial charge in [-0.25, -0.2) is 8.42 Å². The highest BCUT2D eigenvalue weighted by Crippen LogP contribution is 2.28. The number of amides is 1. The third-order valence-electron chi connectivity index (χ3n) is 3.44. The second-order valence-corrected chi connectivity index (χ2v) is 7.73. The topological polar surface area (TPSA) is 93.7 Å². The number of nitrogens with one attached hydrogen (secondary N) is 2. The lowest BCUT2D eigenvalue weighted by molar-refractivity contribution is 0.0938. The van der Waals surface area contributed by atoms with Gasteiger partial charge in [-0.05, 0) is 46.3 Å². The molecule has 0 unspecified atom stereocenters. The Balaban J connectivity index is 2.27. The zero-order valence-electron chi connectivity index (χ0n) is 14.3. The summed E-state index contributed by atoms with van der Waals surface area (Å²) in [5.74, 6) is 0.123. The molecule has 2 aromatic rings. The van der Waals surface area contributed by atoms with Crippen LogP contribution in [-0.4, -0.2) is 41.7 Å². The molecule has 1 amide bonds. The summed E-state index contributed by atoms with van der Waals surface area (Å²) in [6.45, 7) is 0.682. The van der Waals surface area contributed by atoms with Crippen LogP contribution in [0.3, 0.4) is 0 Å². The van der Waals surface area contributed by atoms with Crippen molar-refractivity contribution in [3.05, 3.63) is 52.5 Å². The monoisotopic (exact) mass is 442 g/mol. The zero-order valence-corrected chi connectivity index (χ0v) is 16.7. The summed E-state index contributed by atoms with van der Waals surface area (Å²) >= 11 is 3.26. The highest BCUT2D eigenvalue weighted by Gasteiger charge is 2.19. The second-order valence-electron chi connectivity index (χ2n) is 5.20. The first-order valence-corrected chi connectivity index (χ1v) is 9.89. The lowest BCUT2D eigenvalue weighted by atomic mass is 10.2. The van der Waals surface area contributed by atoms with Gasteiger partial charge in [-0.2, -0.15) is 0 Å². The Labute approximate surface area is 160 Å². The van der Waals surface area contributed by atoms with Crippen molar-refractivity contribution >= 4 is 37.5 Å². The number of hydrogen-bond donors (Lipinski definition) is 2. The Morgan fingerprint density at radius 3 is 2.54 bits per heavy atom. The van der Waals surface area contributed by atoms with Gasteiger partial charge in [0.2, 0.25) is 0 Å². The number of hydrogen-bond acceptors (Lipinski definition) is 5. The fourth-order valence-corrected chi connectivity index (χ4v) is 3.95. The summed E-state index contributed by atoms with van der Waals surface area (Å²) < 4.78 is 38.3. The number of benzene rings is 2. The number of carbonyl (C=O) groups is 1. The molecule has 0 aliphatic heterocycles. The van der Waals surface area contributed by atoms with E-state index in [0.29, 0.717) is 23.4 Å². The van der Waals surface area contributed by atoms with Crippen LogP contribution in [0.25, 0.3) is 0 Å². The van der Waals surface area contributed by atoms with E-state index in [-0.39, 0.29) is 16.1 Å². The lowest BCUT2D eigenvalue weighted by Gasteiger charge is -2.13. The normalized spacial score (nSPS) is 11.0. The molecule has 7 nitrogen and oxygen atoms in total. The Hall–Kier alpha value is -2.10. The highest BCUT2D eigenvalue weighted by molar-refractivity contribution is 9.10. The van der Waals surface area contributed by atoms with Crippen molar-refractivity contribution in [1.29, 1.82) is 0 Å². The smallest absolute Gasteiger partial charge is 0.261 e. The van der Waals surface area contributed by atoms with Gasteiger partial charge in [-0.15, -0.1) is 0 Å². The summed E-state index contributed by atoms with van der Waals surface area (Å²) in [4.78, 5) is 12.3. The number of para-hydroxylation sites is 1. The predicted octanol–water partition coefficient (Wildman–Crippen LogP) is 2.63. The summed E-state index contributed by atoms with van der Waals surface area (Å²) in [5.41, 5.74) is 0.411. The molecule has 2 aromatic carbocycles. The molecule has 140 valence electrons. The van der Waals surface area contributed by atoms with E-state index in [1.807, 2.05) is 0 Å². The highest BCUT2D eigenvalue weighted by atomic mass is 79.9. The van der Waals surface area contributed by atoms with Gasteiger partial charge in [0.15, 0.2) is 0 Å². The number of carbonyl (C=O) groups excluding carboxylic acids is 1. The Kier molecular flexibility index (Phi) is 7.01. The Morgan fingerprint density at radius 2 is 1.88 bits per heavy atom. The fraction of sp³-hybridized carbons (Fsp3) is 0.235. The minimum absolute atomic E-state index is 0.0415. The van der Waals surface area contributed by atoms with Gasteiger partial charge < -0.3 is 14.8 Å². The molecule has 0 saturated carbocycles. The van der Waals surface area contributed by atoms with Gasteiger partial charge in [-0.3, -0.25) is 9.52 Å². The molecule has 2 rings (SSSR count). The third-order valence-corrected chi connectivity index (χ3v) is 5.42. The van der Waals surface area contributed by atoms with E-state index in [2.05, 4.69) is 26.0 Å². The van der Waals surface area contributed by atoms with Crippen LogP contribution < -0.4 is 14.8 Å². The molecule has 26 heavy (non-hydrogen) atoms. The molecule has 0 aliphatic carbocycles. The van der Waals surface area contributed by atoms with Crippen molar-refractivity contribution in [2.75, 3.05) is 32.1 Å². The first-order valence-electron chi connectivity index (χ1n) is 7.61. The van der Waals surface area contributed by atoms with Crippen molar-refractivity contribution < 1.29 is 22.7 Å². The van der Waals surface area contributed by atoms with Crippen LogP contribution in [-0.2, 0) is 14.8 Å². The second kappa shape index (κ2) is 9.02. The van der Waals surface area contributed by atoms with Gasteiger partial charge in [0.05, 0.1) is 34.3 Å². The van der Waals surface area contributed by atoms with Crippen LogP contribution in [0.4, 0.5) is 5.69 Å². The van der Waals surface area contributed by atoms with E-state index in [9.17, 15) is 13.2 Å². The summed E-state index contributed by atoms with van der Waals surface area (Å²) in [6, 6.07) is 10.8. The molecular formula is C17H19BrN2O5S. The van der Waals surface area contributed by atoms with E-state index >= 15 is 0 Å². The molecule has 0 saturated heterocycles. The maximum absolute atomic E-state index is 12.7. The van der Waals surface area contributed by atoms with E-state index in [1.54, 1.807) is 24.3 Å². The van der Waals surface area contributed by atoms with E-state index in [0.717, 1.165) is 0 Å². The number of rotatable bonds is 8. The summed E-state index contributed by atoms with van der Waals surface area (Å²) in [7, 11) is -0.862. The predicted molar refractivity (Wildman–Crippen MR) is 102 cm³/mol. The zero-order chi connectivity index (χ0) is 19.2. The number of ether oxygens (including phenoxy) is 2. The molecule has 0 atom stereocenters. The van der Waals surface area contributed by atoms with Gasteiger partial charge in [0, 0.05) is 13.7 Å². The van der Waals surface area contributed by atoms with Crippen molar-refractivity contribution in [3.63, 3.8) is 0 Å². The van der Waals surface area contributed by atoms with Crippen LogP contribution in [0.5, 0.6) is 5.75 Å². The minimum atomic E-state index is -3.88. The van der Waals surface area contributed by atoms with Gasteiger partial charge in [-0.1, -0.05) is 12.1 Å². The molecule has 0 spiro atoms. The van der Waals surface area contributed by atoms with Crippen LogP contribution in [0, 0.1) is 0 Å². The Morgan fingerprint density at radius 1 is 1.15 bits per heavy atom. The first kappa shape index (κ1) is 20.2. The van der Waals surface area contributed by atoms with Crippen molar-refractivity contribution in [2.45, 2.75) is 4.90 Å². The summed E-state index contributed by atoms with van der Waals surface area (Å²) in [6.07, 6.45) is 0. The molecule has 2 N–H and O–H groups in total. The van der Waals surface area contributed by atoms with Crippen molar-refractivity contribution in [3.8, 4) is 5.75 Å². The average molecular weight is 443 g/mol. The largest absolute Gasteiger partial charge is 0.496 e. The first-order chi connectivity index (χ1) is 12.4. The maximum Gasteiger partial charge on any atom is 0.261 e. The maximum atomic E-state index is 12.7. The fourth-order valence-electron chi connectivity index (χ4n) is 2.15. The lowest BCUT2D eigenvalue weighted by Crippen LogP contribution is -2.28. The van der Waals surface area contributed by atoms with Crippen LogP contribution in [0.2, 0.25) is 0 Å². The minimum Gasteiger partial charge on any atom is -0.496 e. The summed E-state index contributed by atoms with van der Waals surface area (Å²) in [5, 5.41) is 2.67. The quantitative estimate of drug-likeness (QED) is 0.612. The molecule has 0 bridgehead atoms. The average Bonchev–Trinajstić information content (AvgIpc) is 2.62. The Bertz CT molecular complexity index is 886. The standard InChI is InChI=1S/C17H19BrN2O5S/c1-24-10-9-19-17(21)13-5-3-4-6-15(13)20-26(22,23)12-7-8-16(25-2)14(18)11-12/h3-8,11,20H,9-10H2,1-2H3,(H,19,21). The number of halogens is 1. The number of methoxy groups -OCH3 is 2. The van der Waals surface area contributed by atoms with Crippen LogP contribution in [0.15, 0.2) is 51.8 Å². The number of sulfonamides is 1. The van der Waals surface area contributed by atoms with Gasteiger partial charge in [0.1, 0.15) is 5.75 Å². The van der Waals surface area contributed by atoms with Crippen LogP contribution >= 0.6 is 15.9 Å². The molecule has 0 fully saturated rings. The van der Waals surface area contributed by atoms with E-state index in [1.165, 1.54) is 32.4 Å². The number of anilines is 1. The van der Waals surface area contributed by atoms with Crippen molar-refractivity contribution in [2.24, 2.45) is 0 Å².